The summed E-state index contributed by atoms with van der Waals surface area (Å²) in [7, 11) is -1.14. The molecule has 0 bridgehead atoms. The first kappa shape index (κ1) is 21.8. The number of carbonyl (C=O) groups is 2. The van der Waals surface area contributed by atoms with E-state index in [0.29, 0.717) is 0 Å². The van der Waals surface area contributed by atoms with E-state index in [4.69, 9.17) is 0 Å². The number of allylic oxidation sites excluding steroid dienone is 2. The molecular formula is C17H14F3NO5S2. The number of thiophene rings is 1. The average molecular weight is 433 g/mol. The van der Waals surface area contributed by atoms with Crippen LogP contribution in [0.3, 0.4) is 0 Å². The number of halogens is 3. The molecule has 28 heavy (non-hydrogen) atoms. The molecule has 1 aromatic carbocycles. The van der Waals surface area contributed by atoms with Gasteiger partial charge in [0, 0.05) is 20.2 Å². The zero-order valence-electron chi connectivity index (χ0n) is 14.6. The molecule has 6 nitrogen and oxygen atoms in total. The summed E-state index contributed by atoms with van der Waals surface area (Å²) in [4.78, 5) is 23.8. The second-order valence-electron chi connectivity index (χ2n) is 5.55. The van der Waals surface area contributed by atoms with Crippen LogP contribution in [0.15, 0.2) is 58.5 Å². The SMILES string of the molecule is CN(C)S(=O)(=O)c1ccc(C(=O)O/C(=C/C(=O)c2cccs2)C(F)(F)F)cc1. The molecule has 0 aliphatic carbocycles. The van der Waals surface area contributed by atoms with E-state index in [2.05, 4.69) is 4.74 Å². The molecule has 0 atom stereocenters. The lowest BCUT2D eigenvalue weighted by atomic mass is 10.2. The highest BCUT2D eigenvalue weighted by Gasteiger charge is 2.38. The van der Waals surface area contributed by atoms with Crippen molar-refractivity contribution in [1.29, 1.82) is 0 Å². The summed E-state index contributed by atoms with van der Waals surface area (Å²) in [6.45, 7) is 0. The number of nitrogens with zero attached hydrogens (tertiary/aromatic N) is 1. The van der Waals surface area contributed by atoms with Crippen molar-refractivity contribution < 1.29 is 35.9 Å². The maximum atomic E-state index is 13.1. The van der Waals surface area contributed by atoms with Crippen molar-refractivity contribution in [3.8, 4) is 0 Å². The predicted molar refractivity (Wildman–Crippen MR) is 95.5 cm³/mol. The monoisotopic (exact) mass is 433 g/mol. The van der Waals surface area contributed by atoms with Gasteiger partial charge in [-0.2, -0.15) is 13.2 Å². The van der Waals surface area contributed by atoms with Gasteiger partial charge < -0.3 is 4.74 Å². The molecule has 0 saturated carbocycles. The second-order valence-corrected chi connectivity index (χ2v) is 8.65. The van der Waals surface area contributed by atoms with E-state index in [1.54, 1.807) is 0 Å². The molecule has 2 aromatic rings. The fraction of sp³-hybridized carbons (Fsp3) is 0.176. The van der Waals surface area contributed by atoms with Gasteiger partial charge >= 0.3 is 12.1 Å². The van der Waals surface area contributed by atoms with Crippen LogP contribution >= 0.6 is 11.3 Å². The van der Waals surface area contributed by atoms with E-state index in [0.717, 1.165) is 39.9 Å². The molecule has 1 heterocycles. The lowest BCUT2D eigenvalue weighted by Gasteiger charge is -2.13. The Morgan fingerprint density at radius 1 is 1.11 bits per heavy atom. The van der Waals surface area contributed by atoms with Gasteiger partial charge in [0.2, 0.25) is 15.8 Å². The van der Waals surface area contributed by atoms with Crippen LogP contribution in [0.2, 0.25) is 0 Å². The van der Waals surface area contributed by atoms with Gasteiger partial charge in [0.25, 0.3) is 0 Å². The summed E-state index contributed by atoms with van der Waals surface area (Å²) in [5, 5.41) is 1.52. The highest BCUT2D eigenvalue weighted by molar-refractivity contribution is 7.89. The second kappa shape index (κ2) is 8.25. The van der Waals surface area contributed by atoms with Crippen molar-refractivity contribution in [3.05, 3.63) is 64.1 Å². The molecule has 0 aliphatic rings. The third-order valence-electron chi connectivity index (χ3n) is 3.38. The molecule has 1 aromatic heterocycles. The van der Waals surface area contributed by atoms with Gasteiger partial charge in [0.1, 0.15) is 0 Å². The molecule has 0 N–H and O–H groups in total. The van der Waals surface area contributed by atoms with Crippen molar-refractivity contribution in [3.63, 3.8) is 0 Å². The normalized spacial score (nSPS) is 12.9. The van der Waals surface area contributed by atoms with Gasteiger partial charge in [-0.1, -0.05) is 6.07 Å². The van der Waals surface area contributed by atoms with Gasteiger partial charge in [-0.25, -0.2) is 17.5 Å². The molecule has 0 aliphatic heterocycles. The Hall–Kier alpha value is -2.50. The van der Waals surface area contributed by atoms with E-state index in [1.165, 1.54) is 31.6 Å². The molecule has 0 saturated heterocycles. The van der Waals surface area contributed by atoms with E-state index in [-0.39, 0.29) is 21.4 Å². The highest BCUT2D eigenvalue weighted by Crippen LogP contribution is 2.28. The van der Waals surface area contributed by atoms with Crippen molar-refractivity contribution in [2.45, 2.75) is 11.1 Å². The number of ketones is 1. The largest absolute Gasteiger partial charge is 0.449 e. The van der Waals surface area contributed by atoms with E-state index < -0.39 is 33.7 Å². The van der Waals surface area contributed by atoms with Gasteiger partial charge in [-0.15, -0.1) is 11.3 Å². The lowest BCUT2D eigenvalue weighted by molar-refractivity contribution is -0.122. The zero-order chi connectivity index (χ0) is 21.1. The maximum absolute atomic E-state index is 13.1. The topological polar surface area (TPSA) is 80.8 Å². The van der Waals surface area contributed by atoms with Crippen LogP contribution in [-0.2, 0) is 14.8 Å². The Morgan fingerprint density at radius 3 is 2.18 bits per heavy atom. The van der Waals surface area contributed by atoms with Gasteiger partial charge in [0.05, 0.1) is 15.3 Å². The zero-order valence-corrected chi connectivity index (χ0v) is 16.2. The summed E-state index contributed by atoms with van der Waals surface area (Å²) in [5.41, 5.74) is -0.309. The van der Waals surface area contributed by atoms with Crippen LogP contribution in [0.25, 0.3) is 0 Å². The van der Waals surface area contributed by atoms with E-state index in [9.17, 15) is 31.2 Å². The molecule has 0 fully saturated rings. The van der Waals surface area contributed by atoms with Gasteiger partial charge in [-0.05, 0) is 35.7 Å². The van der Waals surface area contributed by atoms with Crippen molar-refractivity contribution in [2.75, 3.05) is 14.1 Å². The minimum absolute atomic E-state index is 0.0519. The maximum Gasteiger partial charge on any atom is 0.449 e. The van der Waals surface area contributed by atoms with Gasteiger partial charge in [-0.3, -0.25) is 4.79 Å². The van der Waals surface area contributed by atoms with Crippen LogP contribution in [0, 0.1) is 0 Å². The summed E-state index contributed by atoms with van der Waals surface area (Å²) < 4.78 is 68.6. The molecule has 0 amide bonds. The first-order valence-corrected chi connectivity index (χ1v) is 9.86. The molecule has 0 radical (unpaired) electrons. The minimum atomic E-state index is -5.07. The first-order valence-electron chi connectivity index (χ1n) is 7.54. The number of ether oxygens (including phenoxy) is 1. The number of rotatable bonds is 6. The fourth-order valence-corrected chi connectivity index (χ4v) is 3.45. The number of hydrogen-bond acceptors (Lipinski definition) is 6. The Kier molecular flexibility index (Phi) is 6.42. The predicted octanol–water partition coefficient (Wildman–Crippen LogP) is 3.48. The number of sulfonamides is 1. The molecule has 11 heteroatoms. The quantitative estimate of drug-likeness (QED) is 0.302. The van der Waals surface area contributed by atoms with Crippen LogP contribution in [0.4, 0.5) is 13.2 Å². The number of carbonyl (C=O) groups excluding carboxylic acids is 2. The van der Waals surface area contributed by atoms with Gasteiger partial charge in [0.15, 0.2) is 5.78 Å². The highest BCUT2D eigenvalue weighted by atomic mass is 32.2. The van der Waals surface area contributed by atoms with Crippen LogP contribution in [-0.4, -0.2) is 44.7 Å². The lowest BCUT2D eigenvalue weighted by Crippen LogP contribution is -2.22. The minimum Gasteiger partial charge on any atom is -0.418 e. The molecule has 0 unspecified atom stereocenters. The van der Waals surface area contributed by atoms with E-state index in [1.807, 2.05) is 0 Å². The summed E-state index contributed by atoms with van der Waals surface area (Å²) in [5.74, 6) is -4.10. The Labute approximate surface area is 162 Å². The van der Waals surface area contributed by atoms with Crippen LogP contribution < -0.4 is 0 Å². The molecule has 0 spiro atoms. The third kappa shape index (κ3) is 5.06. The first-order chi connectivity index (χ1) is 12.9. The number of esters is 1. The smallest absolute Gasteiger partial charge is 0.418 e. The van der Waals surface area contributed by atoms with Crippen molar-refractivity contribution in [1.82, 2.24) is 4.31 Å². The van der Waals surface area contributed by atoms with Crippen LogP contribution in [0.1, 0.15) is 20.0 Å². The fourth-order valence-electron chi connectivity index (χ4n) is 1.91. The van der Waals surface area contributed by atoms with E-state index >= 15 is 0 Å². The summed E-state index contributed by atoms with van der Waals surface area (Å²) in [6, 6.07) is 7.01. The number of benzene rings is 1. The summed E-state index contributed by atoms with van der Waals surface area (Å²) >= 11 is 0.942. The Balaban J connectivity index is 2.26. The molecule has 150 valence electrons. The van der Waals surface area contributed by atoms with Crippen molar-refractivity contribution in [2.24, 2.45) is 0 Å². The number of hydrogen-bond donors (Lipinski definition) is 0. The Bertz CT molecular complexity index is 992. The average Bonchev–Trinajstić information content (AvgIpc) is 3.15. The molecular weight excluding hydrogens is 419 g/mol. The molecule has 2 rings (SSSR count). The standard InChI is InChI=1S/C17H14F3NO5S2/c1-21(2)28(24,25)12-7-5-11(6-8-12)16(23)26-15(17(18,19)20)10-13(22)14-4-3-9-27-14/h3-10H,1-2H3/b15-10+. The Morgan fingerprint density at radius 2 is 1.71 bits per heavy atom. The van der Waals surface area contributed by atoms with Crippen molar-refractivity contribution >= 4 is 33.1 Å². The number of alkyl halides is 3. The van der Waals surface area contributed by atoms with Crippen LogP contribution in [0.5, 0.6) is 0 Å². The third-order valence-corrected chi connectivity index (χ3v) is 6.09. The summed E-state index contributed by atoms with van der Waals surface area (Å²) in [6.07, 6.45) is -4.87.